The molecule has 31 heavy (non-hydrogen) atoms. The van der Waals surface area contributed by atoms with Gasteiger partial charge in [-0.2, -0.15) is 4.98 Å². The Morgan fingerprint density at radius 2 is 1.65 bits per heavy atom. The van der Waals surface area contributed by atoms with Crippen LogP contribution in [0.4, 0.5) is 11.6 Å². The molecule has 0 aliphatic carbocycles. The number of nitrogens with two attached hydrogens (primary N) is 1. The van der Waals surface area contributed by atoms with Crippen molar-refractivity contribution in [2.24, 2.45) is 0 Å². The second-order valence-corrected chi connectivity index (χ2v) is 8.47. The van der Waals surface area contributed by atoms with Crippen molar-refractivity contribution in [3.05, 3.63) is 78.3 Å². The number of nitrogens with zero attached hydrogens (tertiary/aromatic N) is 4. The van der Waals surface area contributed by atoms with E-state index in [1.54, 1.807) is 17.5 Å². The number of fused-ring (bicyclic) bond motifs is 1. The number of pyridine rings is 1. The first-order valence-corrected chi connectivity index (χ1v) is 10.8. The van der Waals surface area contributed by atoms with E-state index in [-0.39, 0.29) is 5.95 Å². The van der Waals surface area contributed by atoms with Crippen LogP contribution >= 0.6 is 11.3 Å². The van der Waals surface area contributed by atoms with Gasteiger partial charge in [-0.25, -0.2) is 9.97 Å². The molecule has 0 amide bonds. The lowest BCUT2D eigenvalue weighted by Gasteiger charge is -2.14. The van der Waals surface area contributed by atoms with Gasteiger partial charge in [0.1, 0.15) is 0 Å². The van der Waals surface area contributed by atoms with Gasteiger partial charge in [-0.3, -0.25) is 0 Å². The molecule has 6 heteroatoms. The lowest BCUT2D eigenvalue weighted by molar-refractivity contribution is 1.13. The fourth-order valence-electron chi connectivity index (χ4n) is 3.62. The van der Waals surface area contributed by atoms with E-state index >= 15 is 0 Å². The molecule has 0 atom stereocenters. The van der Waals surface area contributed by atoms with E-state index in [0.717, 1.165) is 33.5 Å². The highest BCUT2D eigenvalue weighted by atomic mass is 32.1. The molecule has 2 N–H and O–H groups in total. The van der Waals surface area contributed by atoms with Gasteiger partial charge in [0.15, 0.2) is 5.65 Å². The fourth-order valence-corrected chi connectivity index (χ4v) is 4.35. The Balaban J connectivity index is 1.70. The van der Waals surface area contributed by atoms with Crippen LogP contribution in [0.5, 0.6) is 0 Å². The number of benzene rings is 2. The predicted octanol–water partition coefficient (Wildman–Crippen LogP) is 5.74. The van der Waals surface area contributed by atoms with Gasteiger partial charge in [-0.1, -0.05) is 36.4 Å². The Morgan fingerprint density at radius 3 is 2.39 bits per heavy atom. The highest BCUT2D eigenvalue weighted by Gasteiger charge is 2.13. The third-order valence-corrected chi connectivity index (χ3v) is 6.16. The summed E-state index contributed by atoms with van der Waals surface area (Å²) < 4.78 is 0. The number of aromatic nitrogens is 3. The molecule has 5 rings (SSSR count). The molecule has 3 aromatic heterocycles. The minimum Gasteiger partial charge on any atom is -0.378 e. The number of nitrogen functional groups attached to an aromatic ring is 1. The van der Waals surface area contributed by atoms with Gasteiger partial charge < -0.3 is 10.6 Å². The van der Waals surface area contributed by atoms with E-state index in [4.69, 9.17) is 10.7 Å². The third-order valence-electron chi connectivity index (χ3n) is 5.24. The Labute approximate surface area is 184 Å². The summed E-state index contributed by atoms with van der Waals surface area (Å²) in [5, 5.41) is 2.97. The van der Waals surface area contributed by atoms with Crippen LogP contribution in [-0.4, -0.2) is 29.0 Å². The Morgan fingerprint density at radius 1 is 0.839 bits per heavy atom. The first kappa shape index (κ1) is 19.2. The Bertz CT molecular complexity index is 1360. The molecule has 3 heterocycles. The minimum atomic E-state index is 0.221. The molecule has 0 aliphatic rings. The Hall–Kier alpha value is -3.77. The van der Waals surface area contributed by atoms with E-state index in [9.17, 15) is 0 Å². The van der Waals surface area contributed by atoms with E-state index < -0.39 is 0 Å². The molecule has 5 nitrogen and oxygen atoms in total. The molecular formula is C25H21N5S. The van der Waals surface area contributed by atoms with Crippen molar-refractivity contribution in [1.82, 2.24) is 15.0 Å². The number of hydrogen-bond donors (Lipinski definition) is 1. The van der Waals surface area contributed by atoms with Gasteiger partial charge in [0.25, 0.3) is 0 Å². The summed E-state index contributed by atoms with van der Waals surface area (Å²) >= 11 is 1.73. The molecular weight excluding hydrogens is 402 g/mol. The van der Waals surface area contributed by atoms with Crippen LogP contribution in [0.2, 0.25) is 0 Å². The number of thiophene rings is 1. The van der Waals surface area contributed by atoms with Crippen LogP contribution < -0.4 is 10.6 Å². The van der Waals surface area contributed by atoms with Crippen LogP contribution in [0.15, 0.2) is 78.3 Å². The topological polar surface area (TPSA) is 67.9 Å². The monoisotopic (exact) mass is 423 g/mol. The first-order valence-electron chi connectivity index (χ1n) is 9.94. The molecule has 0 spiro atoms. The standard InChI is InChI=1S/C25H21N5S/c1-30(2)19-10-8-16(9-11-19)22-14-20(21-15-27-25(26)29-24(21)28-22)17-5-3-6-18(13-17)23-7-4-12-31-23/h3-15H,1-2H3,(H2,26,27,28,29). The van der Waals surface area contributed by atoms with Crippen LogP contribution in [0.1, 0.15) is 0 Å². The largest absolute Gasteiger partial charge is 0.378 e. The van der Waals surface area contributed by atoms with Gasteiger partial charge in [-0.15, -0.1) is 11.3 Å². The van der Waals surface area contributed by atoms with E-state index in [0.29, 0.717) is 5.65 Å². The summed E-state index contributed by atoms with van der Waals surface area (Å²) in [6.07, 6.45) is 1.76. The highest BCUT2D eigenvalue weighted by Crippen LogP contribution is 2.34. The van der Waals surface area contributed by atoms with Crippen molar-refractivity contribution in [2.75, 3.05) is 24.7 Å². The number of anilines is 2. The zero-order valence-electron chi connectivity index (χ0n) is 17.3. The predicted molar refractivity (Wildman–Crippen MR) is 130 cm³/mol. The SMILES string of the molecule is CN(C)c1ccc(-c2cc(-c3cccc(-c4cccs4)c3)c3cnc(N)nc3n2)cc1. The van der Waals surface area contributed by atoms with Crippen LogP contribution in [-0.2, 0) is 0 Å². The molecule has 0 aliphatic heterocycles. The smallest absolute Gasteiger partial charge is 0.222 e. The van der Waals surface area contributed by atoms with Crippen LogP contribution in [0, 0.1) is 0 Å². The van der Waals surface area contributed by atoms with E-state index in [1.165, 1.54) is 10.4 Å². The molecule has 152 valence electrons. The van der Waals surface area contributed by atoms with E-state index in [1.807, 2.05) is 14.1 Å². The van der Waals surface area contributed by atoms with Gasteiger partial charge in [0, 0.05) is 41.8 Å². The third kappa shape index (κ3) is 3.73. The maximum Gasteiger partial charge on any atom is 0.222 e. The van der Waals surface area contributed by atoms with Gasteiger partial charge in [0.05, 0.1) is 5.69 Å². The summed E-state index contributed by atoms with van der Waals surface area (Å²) in [5.41, 5.74) is 12.8. The summed E-state index contributed by atoms with van der Waals surface area (Å²) in [5.74, 6) is 0.221. The van der Waals surface area contributed by atoms with Crippen molar-refractivity contribution in [3.63, 3.8) is 0 Å². The van der Waals surface area contributed by atoms with Gasteiger partial charge >= 0.3 is 0 Å². The lowest BCUT2D eigenvalue weighted by atomic mass is 9.98. The fraction of sp³-hybridized carbons (Fsp3) is 0.0800. The summed E-state index contributed by atoms with van der Waals surface area (Å²) in [7, 11) is 4.06. The molecule has 0 saturated carbocycles. The van der Waals surface area contributed by atoms with Crippen molar-refractivity contribution in [1.29, 1.82) is 0 Å². The average molecular weight is 424 g/mol. The number of rotatable bonds is 4. The van der Waals surface area contributed by atoms with Gasteiger partial charge in [0.2, 0.25) is 5.95 Å². The summed E-state index contributed by atoms with van der Waals surface area (Å²) in [4.78, 5) is 16.7. The maximum absolute atomic E-state index is 5.88. The summed E-state index contributed by atoms with van der Waals surface area (Å²) in [6, 6.07) is 23.2. The zero-order valence-corrected chi connectivity index (χ0v) is 18.1. The molecule has 0 saturated heterocycles. The quantitative estimate of drug-likeness (QED) is 0.399. The highest BCUT2D eigenvalue weighted by molar-refractivity contribution is 7.13. The molecule has 0 radical (unpaired) electrons. The van der Waals surface area contributed by atoms with Crippen molar-refractivity contribution < 1.29 is 0 Å². The molecule has 0 unspecified atom stereocenters. The first-order chi connectivity index (χ1) is 15.1. The van der Waals surface area contributed by atoms with E-state index in [2.05, 4.69) is 87.0 Å². The van der Waals surface area contributed by atoms with Crippen LogP contribution in [0.25, 0.3) is 43.9 Å². The Kier molecular flexibility index (Phi) is 4.84. The molecule has 0 fully saturated rings. The molecule has 0 bridgehead atoms. The number of hydrogen-bond acceptors (Lipinski definition) is 6. The van der Waals surface area contributed by atoms with Crippen molar-refractivity contribution in [3.8, 4) is 32.8 Å². The summed E-state index contributed by atoms with van der Waals surface area (Å²) in [6.45, 7) is 0. The van der Waals surface area contributed by atoms with Gasteiger partial charge in [-0.05, 0) is 52.4 Å². The normalized spacial score (nSPS) is 11.0. The zero-order chi connectivity index (χ0) is 21.4. The maximum atomic E-state index is 5.88. The average Bonchev–Trinajstić information content (AvgIpc) is 3.33. The second kappa shape index (κ2) is 7.81. The van der Waals surface area contributed by atoms with Crippen molar-refractivity contribution in [2.45, 2.75) is 0 Å². The molecule has 5 aromatic rings. The van der Waals surface area contributed by atoms with Crippen molar-refractivity contribution >= 4 is 34.0 Å². The lowest BCUT2D eigenvalue weighted by Crippen LogP contribution is -2.08. The van der Waals surface area contributed by atoms with Crippen LogP contribution in [0.3, 0.4) is 0 Å². The molecule has 2 aromatic carbocycles. The minimum absolute atomic E-state index is 0.221. The second-order valence-electron chi connectivity index (χ2n) is 7.52.